The van der Waals surface area contributed by atoms with E-state index >= 15 is 0 Å². The fourth-order valence-corrected chi connectivity index (χ4v) is 4.61. The number of piperazine rings is 1. The fourth-order valence-electron chi connectivity index (χ4n) is 4.42. The first-order valence-electron chi connectivity index (χ1n) is 9.75. The van der Waals surface area contributed by atoms with Crippen molar-refractivity contribution in [3.63, 3.8) is 0 Å². The minimum atomic E-state index is -0.581. The zero-order valence-corrected chi connectivity index (χ0v) is 17.4. The van der Waals surface area contributed by atoms with Gasteiger partial charge in [-0.2, -0.15) is 0 Å². The molecule has 1 amide bonds. The third kappa shape index (κ3) is 3.26. The molecule has 1 aliphatic heterocycles. The molecule has 4 nitrogen and oxygen atoms in total. The van der Waals surface area contributed by atoms with Crippen molar-refractivity contribution in [2.24, 2.45) is 0 Å². The number of benzene rings is 2. The van der Waals surface area contributed by atoms with Crippen LogP contribution in [-0.2, 0) is 10.2 Å². The van der Waals surface area contributed by atoms with Crippen molar-refractivity contribution in [2.75, 3.05) is 31.1 Å². The van der Waals surface area contributed by atoms with Gasteiger partial charge in [-0.05, 0) is 50.6 Å². The van der Waals surface area contributed by atoms with Crippen molar-refractivity contribution < 1.29 is 4.79 Å². The summed E-state index contributed by atoms with van der Waals surface area (Å²) >= 11 is 6.13. The van der Waals surface area contributed by atoms with Gasteiger partial charge < -0.3 is 14.8 Å². The normalized spacial score (nSPS) is 15.3. The number of aryl methyl sites for hydroxylation is 1. The average Bonchev–Trinajstić information content (AvgIpc) is 3.04. The summed E-state index contributed by atoms with van der Waals surface area (Å²) < 4.78 is 0. The van der Waals surface area contributed by atoms with Gasteiger partial charge in [0.15, 0.2) is 0 Å². The molecule has 3 aromatic rings. The number of hydrogen-bond donors (Lipinski definition) is 1. The Morgan fingerprint density at radius 1 is 1.04 bits per heavy atom. The number of nitrogens with zero attached hydrogens (tertiary/aromatic N) is 2. The Labute approximate surface area is 171 Å². The standard InChI is InChI=1S/C23H26ClN3O/c1-16-21(19-9-4-5-10-20(19)25-16)23(2,3)22(28)27-13-11-26(12-14-27)18-8-6-7-17(24)15-18/h4-10,15,25H,11-14H2,1-3H3. The Balaban J connectivity index is 1.54. The van der Waals surface area contributed by atoms with Gasteiger partial charge in [0, 0.05) is 53.5 Å². The van der Waals surface area contributed by atoms with E-state index in [2.05, 4.69) is 35.0 Å². The third-order valence-electron chi connectivity index (χ3n) is 5.79. The van der Waals surface area contributed by atoms with Crippen LogP contribution in [0.2, 0.25) is 5.02 Å². The first-order chi connectivity index (χ1) is 13.4. The SMILES string of the molecule is Cc1[nH]c2ccccc2c1C(C)(C)C(=O)N1CCN(c2cccc(Cl)c2)CC1. The number of amides is 1. The molecule has 0 bridgehead atoms. The number of anilines is 1. The van der Waals surface area contributed by atoms with E-state index < -0.39 is 5.41 Å². The van der Waals surface area contributed by atoms with Crippen LogP contribution >= 0.6 is 11.6 Å². The van der Waals surface area contributed by atoms with Gasteiger partial charge >= 0.3 is 0 Å². The van der Waals surface area contributed by atoms with E-state index in [-0.39, 0.29) is 5.91 Å². The maximum Gasteiger partial charge on any atom is 0.232 e. The lowest BCUT2D eigenvalue weighted by atomic mass is 9.81. The highest BCUT2D eigenvalue weighted by Crippen LogP contribution is 2.35. The molecule has 0 radical (unpaired) electrons. The van der Waals surface area contributed by atoms with E-state index in [1.165, 1.54) is 0 Å². The Kier molecular flexibility index (Phi) is 4.84. The van der Waals surface area contributed by atoms with E-state index in [1.54, 1.807) is 0 Å². The number of aromatic amines is 1. The second-order valence-corrected chi connectivity index (χ2v) is 8.49. The third-order valence-corrected chi connectivity index (χ3v) is 6.03. The Morgan fingerprint density at radius 2 is 1.75 bits per heavy atom. The maximum atomic E-state index is 13.5. The first-order valence-corrected chi connectivity index (χ1v) is 10.1. The molecule has 0 saturated carbocycles. The van der Waals surface area contributed by atoms with Gasteiger partial charge in [-0.3, -0.25) is 4.79 Å². The number of carbonyl (C=O) groups is 1. The molecule has 0 unspecified atom stereocenters. The second-order valence-electron chi connectivity index (χ2n) is 8.05. The summed E-state index contributed by atoms with van der Waals surface area (Å²) in [6, 6.07) is 16.1. The number of H-pyrrole nitrogens is 1. The molecule has 1 N–H and O–H groups in total. The van der Waals surface area contributed by atoms with Crippen LogP contribution in [0.3, 0.4) is 0 Å². The summed E-state index contributed by atoms with van der Waals surface area (Å²) in [6.07, 6.45) is 0. The van der Waals surface area contributed by atoms with E-state index in [9.17, 15) is 4.79 Å². The average molecular weight is 396 g/mol. The molecule has 1 aromatic heterocycles. The lowest BCUT2D eigenvalue weighted by Crippen LogP contribution is -2.53. The lowest BCUT2D eigenvalue weighted by molar-refractivity contribution is -0.136. The van der Waals surface area contributed by atoms with Gasteiger partial charge in [-0.1, -0.05) is 35.9 Å². The van der Waals surface area contributed by atoms with Gasteiger partial charge in [0.1, 0.15) is 0 Å². The summed E-state index contributed by atoms with van der Waals surface area (Å²) in [7, 11) is 0. The smallest absolute Gasteiger partial charge is 0.232 e. The van der Waals surface area contributed by atoms with Crippen LogP contribution in [0.25, 0.3) is 10.9 Å². The molecule has 0 aliphatic carbocycles. The van der Waals surface area contributed by atoms with Crippen LogP contribution in [0.4, 0.5) is 5.69 Å². The summed E-state index contributed by atoms with van der Waals surface area (Å²) in [5.41, 5.74) is 3.79. The highest BCUT2D eigenvalue weighted by atomic mass is 35.5. The molecule has 1 saturated heterocycles. The number of hydrogen-bond acceptors (Lipinski definition) is 2. The summed E-state index contributed by atoms with van der Waals surface area (Å²) in [5, 5.41) is 1.88. The Hall–Kier alpha value is -2.46. The highest BCUT2D eigenvalue weighted by Gasteiger charge is 2.38. The minimum absolute atomic E-state index is 0.186. The van der Waals surface area contributed by atoms with Crippen molar-refractivity contribution in [2.45, 2.75) is 26.2 Å². The summed E-state index contributed by atoms with van der Waals surface area (Å²) in [4.78, 5) is 21.2. The second kappa shape index (κ2) is 7.17. The van der Waals surface area contributed by atoms with Gasteiger partial charge in [0.05, 0.1) is 5.41 Å². The molecule has 0 spiro atoms. The number of para-hydroxylation sites is 1. The van der Waals surface area contributed by atoms with Gasteiger partial charge in [-0.15, -0.1) is 0 Å². The van der Waals surface area contributed by atoms with Crippen LogP contribution in [0, 0.1) is 6.92 Å². The van der Waals surface area contributed by atoms with Crippen LogP contribution in [0.5, 0.6) is 0 Å². The molecule has 4 rings (SSSR count). The number of nitrogens with one attached hydrogen (secondary N) is 1. The van der Waals surface area contributed by atoms with Crippen LogP contribution < -0.4 is 4.90 Å². The van der Waals surface area contributed by atoms with Crippen molar-refractivity contribution in [3.05, 3.63) is 64.8 Å². The zero-order valence-electron chi connectivity index (χ0n) is 16.6. The molecule has 28 heavy (non-hydrogen) atoms. The monoisotopic (exact) mass is 395 g/mol. The first kappa shape index (κ1) is 18.9. The van der Waals surface area contributed by atoms with Crippen molar-refractivity contribution in [3.8, 4) is 0 Å². The predicted octanol–water partition coefficient (Wildman–Crippen LogP) is 4.76. The topological polar surface area (TPSA) is 39.3 Å². The van der Waals surface area contributed by atoms with Crippen molar-refractivity contribution in [1.29, 1.82) is 0 Å². The van der Waals surface area contributed by atoms with Crippen LogP contribution in [0.1, 0.15) is 25.1 Å². The van der Waals surface area contributed by atoms with Crippen LogP contribution in [0.15, 0.2) is 48.5 Å². The highest BCUT2D eigenvalue weighted by molar-refractivity contribution is 6.30. The molecule has 2 aromatic carbocycles. The molecule has 5 heteroatoms. The molecule has 1 aliphatic rings. The molecular weight excluding hydrogens is 370 g/mol. The zero-order chi connectivity index (χ0) is 19.9. The van der Waals surface area contributed by atoms with Gasteiger partial charge in [0.25, 0.3) is 0 Å². The number of aromatic nitrogens is 1. The van der Waals surface area contributed by atoms with Gasteiger partial charge in [0.2, 0.25) is 5.91 Å². The lowest BCUT2D eigenvalue weighted by Gasteiger charge is -2.39. The van der Waals surface area contributed by atoms with Crippen LogP contribution in [-0.4, -0.2) is 42.0 Å². The van der Waals surface area contributed by atoms with E-state index in [4.69, 9.17) is 11.6 Å². The molecule has 1 fully saturated rings. The molecule has 146 valence electrons. The Morgan fingerprint density at radius 3 is 2.46 bits per heavy atom. The minimum Gasteiger partial charge on any atom is -0.368 e. The largest absolute Gasteiger partial charge is 0.368 e. The Bertz CT molecular complexity index is 1020. The number of carbonyl (C=O) groups excluding carboxylic acids is 1. The summed E-state index contributed by atoms with van der Waals surface area (Å²) in [5.74, 6) is 0.186. The van der Waals surface area contributed by atoms with Gasteiger partial charge in [-0.25, -0.2) is 0 Å². The predicted molar refractivity (Wildman–Crippen MR) is 116 cm³/mol. The molecule has 0 atom stereocenters. The van der Waals surface area contributed by atoms with Crippen molar-refractivity contribution in [1.82, 2.24) is 9.88 Å². The number of rotatable bonds is 3. The fraction of sp³-hybridized carbons (Fsp3) is 0.348. The van der Waals surface area contributed by atoms with Crippen molar-refractivity contribution >= 4 is 34.1 Å². The van der Waals surface area contributed by atoms with E-state index in [1.807, 2.05) is 49.1 Å². The summed E-state index contributed by atoms with van der Waals surface area (Å²) in [6.45, 7) is 9.21. The number of halogens is 1. The van der Waals surface area contributed by atoms with E-state index in [0.29, 0.717) is 0 Å². The number of fused-ring (bicyclic) bond motifs is 1. The molecule has 2 heterocycles. The van der Waals surface area contributed by atoms with E-state index in [0.717, 1.165) is 59.0 Å². The maximum absolute atomic E-state index is 13.5. The quantitative estimate of drug-likeness (QED) is 0.694. The molecular formula is C23H26ClN3O.